The third-order valence-electron chi connectivity index (χ3n) is 12.2. The molecule has 0 bridgehead atoms. The number of unbranched alkanes of at least 4 members (excludes halogenated alkanes) is 23. The van der Waals surface area contributed by atoms with Gasteiger partial charge in [-0.3, -0.25) is 4.79 Å². The van der Waals surface area contributed by atoms with Crippen molar-refractivity contribution in [2.45, 2.75) is 298 Å². The molecule has 1 fully saturated rings. The number of carbonyl (C=O) groups excluding carboxylic acids is 1. The first-order valence-corrected chi connectivity index (χ1v) is 25.5. The Hall–Kier alpha value is -1.03. The van der Waals surface area contributed by atoms with E-state index >= 15 is 0 Å². The number of aliphatic hydroxyl groups excluding tert-OH is 1. The standard InChI is InChI=1S/C49H94O3.C3H8O/c1-6-10-14-17-20-27-34-44-51-48(50)38-31-24-26-33-43-49(5,41-13-9-4)42-32-25-23-30-37-47(45-39-40-45)52-46(35-28-21-18-15-11-7-2)36-29-22-19-16-12-8-3;1-2-3-4/h46H,6-44H2,1-5H3;4H,2-3H2,1H3. The smallest absolute Gasteiger partial charge is 0.305 e. The largest absolute Gasteiger partial charge is 0.495 e. The third-order valence-corrected chi connectivity index (χ3v) is 12.2. The van der Waals surface area contributed by atoms with Crippen LogP contribution in [0, 0.1) is 5.41 Å². The minimum absolute atomic E-state index is 0.0203. The highest BCUT2D eigenvalue weighted by Gasteiger charge is 2.24. The molecule has 1 aliphatic rings. The van der Waals surface area contributed by atoms with Crippen molar-refractivity contribution in [1.29, 1.82) is 0 Å². The van der Waals surface area contributed by atoms with Gasteiger partial charge < -0.3 is 14.6 Å². The van der Waals surface area contributed by atoms with E-state index in [-0.39, 0.29) is 5.97 Å². The quantitative estimate of drug-likeness (QED) is 0.0380. The van der Waals surface area contributed by atoms with Crippen LogP contribution >= 0.6 is 0 Å². The van der Waals surface area contributed by atoms with Crippen molar-refractivity contribution in [3.63, 3.8) is 0 Å². The first-order chi connectivity index (χ1) is 27.4. The van der Waals surface area contributed by atoms with Crippen molar-refractivity contribution in [2.24, 2.45) is 5.41 Å². The SMILES string of the molecule is CCCCCCCCCOC(=O)CCCCCCC(C)(CCCC)CCCCCCC(OC(CCCCCCCC)CCCCCCCC)=C1CC1.CCCO. The average Bonchev–Trinajstić information content (AvgIpc) is 4.05. The van der Waals surface area contributed by atoms with Gasteiger partial charge in [-0.05, 0) is 94.5 Å². The van der Waals surface area contributed by atoms with Crippen LogP contribution in [-0.4, -0.2) is 30.4 Å². The monoisotopic (exact) mass is 791 g/mol. The van der Waals surface area contributed by atoms with Crippen LogP contribution in [0.5, 0.6) is 0 Å². The maximum Gasteiger partial charge on any atom is 0.305 e. The van der Waals surface area contributed by atoms with Crippen LogP contribution in [0.3, 0.4) is 0 Å². The molecule has 56 heavy (non-hydrogen) atoms. The number of ether oxygens (including phenoxy) is 2. The zero-order chi connectivity index (χ0) is 41.2. The van der Waals surface area contributed by atoms with Gasteiger partial charge in [-0.25, -0.2) is 0 Å². The van der Waals surface area contributed by atoms with Gasteiger partial charge in [0.2, 0.25) is 0 Å². The van der Waals surface area contributed by atoms with Gasteiger partial charge in [-0.15, -0.1) is 0 Å². The Bertz CT molecular complexity index is 828. The highest BCUT2D eigenvalue weighted by Crippen LogP contribution is 2.38. The van der Waals surface area contributed by atoms with Crippen LogP contribution in [0.1, 0.15) is 292 Å². The molecule has 4 nitrogen and oxygen atoms in total. The van der Waals surface area contributed by atoms with Gasteiger partial charge in [0.15, 0.2) is 0 Å². The summed E-state index contributed by atoms with van der Waals surface area (Å²) in [4.78, 5) is 12.2. The maximum atomic E-state index is 12.2. The van der Waals surface area contributed by atoms with Crippen LogP contribution < -0.4 is 0 Å². The molecule has 4 heteroatoms. The molecule has 0 aromatic carbocycles. The highest BCUT2D eigenvalue weighted by atomic mass is 16.5. The van der Waals surface area contributed by atoms with E-state index in [1.54, 1.807) is 5.57 Å². The van der Waals surface area contributed by atoms with Crippen molar-refractivity contribution in [3.05, 3.63) is 11.3 Å². The van der Waals surface area contributed by atoms with Crippen LogP contribution in [0.2, 0.25) is 0 Å². The zero-order valence-electron chi connectivity index (χ0n) is 39.2. The van der Waals surface area contributed by atoms with Crippen molar-refractivity contribution in [3.8, 4) is 0 Å². The molecule has 1 saturated carbocycles. The van der Waals surface area contributed by atoms with E-state index in [0.29, 0.717) is 31.2 Å². The molecule has 0 aromatic heterocycles. The number of rotatable bonds is 42. The van der Waals surface area contributed by atoms with Crippen LogP contribution in [-0.2, 0) is 14.3 Å². The van der Waals surface area contributed by atoms with Gasteiger partial charge in [0, 0.05) is 19.4 Å². The van der Waals surface area contributed by atoms with E-state index in [0.717, 1.165) is 25.7 Å². The summed E-state index contributed by atoms with van der Waals surface area (Å²) in [7, 11) is 0. The fourth-order valence-electron chi connectivity index (χ4n) is 8.09. The second kappa shape index (κ2) is 42.1. The fraction of sp³-hybridized carbons (Fsp3) is 0.942. The number of hydrogen-bond donors (Lipinski definition) is 1. The number of carbonyl (C=O) groups is 1. The van der Waals surface area contributed by atoms with Crippen molar-refractivity contribution in [1.82, 2.24) is 0 Å². The molecule has 0 saturated heterocycles. The average molecular weight is 791 g/mol. The molecule has 1 rings (SSSR count). The molecule has 0 aliphatic heterocycles. The van der Waals surface area contributed by atoms with E-state index in [9.17, 15) is 4.79 Å². The Kier molecular flexibility index (Phi) is 41.3. The first kappa shape index (κ1) is 55.0. The molecule has 1 aliphatic carbocycles. The summed E-state index contributed by atoms with van der Waals surface area (Å²) in [6.45, 7) is 14.7. The lowest BCUT2D eigenvalue weighted by Gasteiger charge is -2.30. The third kappa shape index (κ3) is 37.3. The molecule has 0 amide bonds. The molecular formula is C52H102O4. The van der Waals surface area contributed by atoms with Crippen LogP contribution in [0.4, 0.5) is 0 Å². The van der Waals surface area contributed by atoms with Crippen LogP contribution in [0.25, 0.3) is 0 Å². The van der Waals surface area contributed by atoms with Crippen molar-refractivity contribution in [2.75, 3.05) is 13.2 Å². The van der Waals surface area contributed by atoms with E-state index in [1.165, 1.54) is 224 Å². The Balaban J connectivity index is 0.00000718. The van der Waals surface area contributed by atoms with Gasteiger partial charge in [-0.2, -0.15) is 0 Å². The van der Waals surface area contributed by atoms with E-state index in [1.807, 2.05) is 6.92 Å². The first-order valence-electron chi connectivity index (χ1n) is 25.5. The van der Waals surface area contributed by atoms with Gasteiger partial charge in [0.25, 0.3) is 0 Å². The fourth-order valence-corrected chi connectivity index (χ4v) is 8.09. The summed E-state index contributed by atoms with van der Waals surface area (Å²) in [5.74, 6) is 1.43. The minimum Gasteiger partial charge on any atom is -0.495 e. The van der Waals surface area contributed by atoms with Gasteiger partial charge in [-0.1, -0.05) is 196 Å². The number of hydrogen-bond acceptors (Lipinski definition) is 4. The van der Waals surface area contributed by atoms with E-state index in [2.05, 4.69) is 34.6 Å². The predicted octanol–water partition coefficient (Wildman–Crippen LogP) is 17.5. The minimum atomic E-state index is 0.0203. The van der Waals surface area contributed by atoms with Gasteiger partial charge >= 0.3 is 5.97 Å². The van der Waals surface area contributed by atoms with E-state index in [4.69, 9.17) is 14.6 Å². The van der Waals surface area contributed by atoms with Crippen LogP contribution in [0.15, 0.2) is 11.3 Å². The molecular weight excluding hydrogens is 689 g/mol. The molecule has 0 radical (unpaired) electrons. The number of allylic oxidation sites excluding steroid dienone is 2. The molecule has 1 unspecified atom stereocenters. The van der Waals surface area contributed by atoms with Crippen molar-refractivity contribution >= 4 is 5.97 Å². The highest BCUT2D eigenvalue weighted by molar-refractivity contribution is 5.69. The predicted molar refractivity (Wildman–Crippen MR) is 246 cm³/mol. The number of aliphatic hydroxyl groups is 1. The van der Waals surface area contributed by atoms with Crippen molar-refractivity contribution < 1.29 is 19.4 Å². The molecule has 1 N–H and O–H groups in total. The zero-order valence-corrected chi connectivity index (χ0v) is 39.2. The lowest BCUT2D eigenvalue weighted by atomic mass is 9.76. The van der Waals surface area contributed by atoms with Gasteiger partial charge in [0.1, 0.15) is 0 Å². The Morgan fingerprint density at radius 3 is 1.38 bits per heavy atom. The summed E-state index contributed by atoms with van der Waals surface area (Å²) in [6, 6.07) is 0. The summed E-state index contributed by atoms with van der Waals surface area (Å²) in [5.41, 5.74) is 2.12. The summed E-state index contributed by atoms with van der Waals surface area (Å²) in [5, 5.41) is 7.88. The lowest BCUT2D eigenvalue weighted by molar-refractivity contribution is -0.143. The van der Waals surface area contributed by atoms with E-state index < -0.39 is 0 Å². The van der Waals surface area contributed by atoms with Gasteiger partial charge in [0.05, 0.1) is 18.5 Å². The second-order valence-corrected chi connectivity index (χ2v) is 18.2. The molecule has 334 valence electrons. The topological polar surface area (TPSA) is 55.8 Å². The summed E-state index contributed by atoms with van der Waals surface area (Å²) < 4.78 is 12.4. The molecule has 0 heterocycles. The second-order valence-electron chi connectivity index (χ2n) is 18.2. The Morgan fingerprint density at radius 1 is 0.518 bits per heavy atom. The number of esters is 1. The summed E-state index contributed by atoms with van der Waals surface area (Å²) in [6.07, 6.45) is 50.4. The maximum absolute atomic E-state index is 12.2. The molecule has 0 aromatic rings. The molecule has 1 atom stereocenters. The molecule has 0 spiro atoms. The Morgan fingerprint density at radius 2 is 0.911 bits per heavy atom. The normalized spacial score (nSPS) is 13.4. The Labute approximate surface area is 352 Å². The summed E-state index contributed by atoms with van der Waals surface area (Å²) >= 11 is 0. The lowest BCUT2D eigenvalue weighted by Crippen LogP contribution is -2.16.